The predicted octanol–water partition coefficient (Wildman–Crippen LogP) is 8.12. The first-order valence-electron chi connectivity index (χ1n) is 16.8. The van der Waals surface area contributed by atoms with Crippen LogP contribution in [0.2, 0.25) is 0 Å². The number of rotatable bonds is 28. The molecule has 45 heavy (non-hydrogen) atoms. The van der Waals surface area contributed by atoms with Gasteiger partial charge in [0, 0.05) is 6.42 Å². The van der Waals surface area contributed by atoms with Crippen LogP contribution < -0.4 is 5.32 Å². The zero-order valence-corrected chi connectivity index (χ0v) is 29.7. The smallest absolute Gasteiger partial charge is 0.387 e. The highest BCUT2D eigenvalue weighted by Crippen LogP contribution is 2.43. The van der Waals surface area contributed by atoms with Crippen molar-refractivity contribution < 1.29 is 32.9 Å². The van der Waals surface area contributed by atoms with Crippen LogP contribution in [0.25, 0.3) is 0 Å². The number of allylic oxidation sites excluding steroid dienone is 11. The second-order valence-corrected chi connectivity index (χ2v) is 13.6. The summed E-state index contributed by atoms with van der Waals surface area (Å²) >= 11 is 0. The van der Waals surface area contributed by atoms with Crippen molar-refractivity contribution in [3.05, 3.63) is 72.9 Å². The summed E-state index contributed by atoms with van der Waals surface area (Å²) in [5.41, 5.74) is 0. The Bertz CT molecular complexity index is 965. The van der Waals surface area contributed by atoms with Crippen LogP contribution in [-0.4, -0.2) is 73.4 Å². The van der Waals surface area contributed by atoms with Crippen LogP contribution in [-0.2, 0) is 18.4 Å². The van der Waals surface area contributed by atoms with Gasteiger partial charge in [0.15, 0.2) is 0 Å². The fourth-order valence-electron chi connectivity index (χ4n) is 3.95. The molecule has 0 bridgehead atoms. The second kappa shape index (κ2) is 28.2. The van der Waals surface area contributed by atoms with E-state index in [0.29, 0.717) is 17.4 Å². The number of likely N-dealkylation sites (N-methyl/N-ethyl adjacent to an activating group) is 1. The number of hydrogen-bond donors (Lipinski definition) is 3. The Balaban J connectivity index is 4.59. The Morgan fingerprint density at radius 1 is 0.778 bits per heavy atom. The van der Waals surface area contributed by atoms with Crippen LogP contribution in [0.15, 0.2) is 72.9 Å². The normalized spacial score (nSPS) is 15.8. The number of aliphatic hydroxyl groups is 1. The molecular weight excluding hydrogens is 587 g/mol. The van der Waals surface area contributed by atoms with Gasteiger partial charge in [-0.3, -0.25) is 13.8 Å². The molecule has 0 aliphatic carbocycles. The molecule has 1 amide bonds. The number of nitrogens with one attached hydrogen (secondary N) is 1. The van der Waals surface area contributed by atoms with E-state index in [1.54, 1.807) is 6.08 Å². The molecule has 0 radical (unpaired) electrons. The van der Waals surface area contributed by atoms with Gasteiger partial charge in [0.25, 0.3) is 0 Å². The van der Waals surface area contributed by atoms with E-state index in [-0.39, 0.29) is 25.5 Å². The predicted molar refractivity (Wildman–Crippen MR) is 189 cm³/mol. The van der Waals surface area contributed by atoms with Crippen molar-refractivity contribution in [1.82, 2.24) is 5.32 Å². The minimum atomic E-state index is -4.34. The van der Waals surface area contributed by atoms with E-state index in [9.17, 15) is 19.4 Å². The molecule has 9 heteroatoms. The van der Waals surface area contributed by atoms with Gasteiger partial charge >= 0.3 is 7.82 Å². The van der Waals surface area contributed by atoms with Gasteiger partial charge in [-0.15, -0.1) is 0 Å². The minimum Gasteiger partial charge on any atom is -0.387 e. The van der Waals surface area contributed by atoms with Gasteiger partial charge < -0.3 is 19.8 Å². The van der Waals surface area contributed by atoms with Crippen molar-refractivity contribution in [3.63, 3.8) is 0 Å². The van der Waals surface area contributed by atoms with Crippen LogP contribution in [0, 0.1) is 0 Å². The van der Waals surface area contributed by atoms with Crippen LogP contribution in [0.3, 0.4) is 0 Å². The molecule has 3 N–H and O–H groups in total. The van der Waals surface area contributed by atoms with E-state index in [1.807, 2.05) is 27.2 Å². The van der Waals surface area contributed by atoms with Crippen LogP contribution in [0.1, 0.15) is 97.3 Å². The monoisotopic (exact) mass is 651 g/mol. The molecule has 0 rings (SSSR count). The lowest BCUT2D eigenvalue weighted by Gasteiger charge is -2.25. The summed E-state index contributed by atoms with van der Waals surface area (Å²) in [4.78, 5) is 22.8. The third-order valence-corrected chi connectivity index (χ3v) is 7.67. The maximum absolute atomic E-state index is 12.7. The van der Waals surface area contributed by atoms with E-state index in [1.165, 1.54) is 6.42 Å². The number of carbonyl (C=O) groups excluding carboxylic acids is 1. The number of unbranched alkanes of at least 4 members (excludes halogenated alkanes) is 5. The second-order valence-electron chi connectivity index (χ2n) is 12.2. The lowest BCUT2D eigenvalue weighted by atomic mass is 10.1. The molecule has 0 heterocycles. The van der Waals surface area contributed by atoms with Crippen molar-refractivity contribution >= 4 is 13.7 Å². The average molecular weight is 652 g/mol. The van der Waals surface area contributed by atoms with E-state index < -0.39 is 20.0 Å². The first-order valence-corrected chi connectivity index (χ1v) is 18.3. The molecule has 0 spiro atoms. The lowest BCUT2D eigenvalue weighted by molar-refractivity contribution is -0.870. The molecular formula is C36H64N2O6P+. The number of aliphatic hydroxyl groups excluding tert-OH is 1. The van der Waals surface area contributed by atoms with Crippen molar-refractivity contribution in [3.8, 4) is 0 Å². The van der Waals surface area contributed by atoms with Crippen LogP contribution >= 0.6 is 7.82 Å². The zero-order valence-electron chi connectivity index (χ0n) is 28.8. The summed E-state index contributed by atoms with van der Waals surface area (Å²) in [7, 11) is 1.51. The lowest BCUT2D eigenvalue weighted by Crippen LogP contribution is -2.45. The summed E-state index contributed by atoms with van der Waals surface area (Å²) in [6, 6.07) is -0.874. The molecule has 0 aromatic heterocycles. The highest BCUT2D eigenvalue weighted by Gasteiger charge is 2.27. The largest absolute Gasteiger partial charge is 0.472 e. The third kappa shape index (κ3) is 30.4. The van der Waals surface area contributed by atoms with Gasteiger partial charge in [-0.1, -0.05) is 106 Å². The molecule has 0 saturated heterocycles. The van der Waals surface area contributed by atoms with E-state index in [4.69, 9.17) is 9.05 Å². The van der Waals surface area contributed by atoms with Gasteiger partial charge in [-0.2, -0.15) is 0 Å². The molecule has 0 aromatic carbocycles. The number of nitrogens with zero attached hydrogens (tertiary/aromatic N) is 1. The van der Waals surface area contributed by atoms with Crippen molar-refractivity contribution in [2.24, 2.45) is 0 Å². The molecule has 0 aliphatic rings. The van der Waals surface area contributed by atoms with Crippen molar-refractivity contribution in [2.45, 2.75) is 109 Å². The standard InChI is InChI=1S/C36H63N2O6P/c1-6-8-10-12-14-15-16-17-18-19-20-21-22-23-24-26-28-30-36(40)37-34(35(39)29-27-25-13-11-9-7-2)33-44-45(41,42)43-32-31-38(3,4)5/h8,10,14-15,17-18,20-21,23-24,27,29,34-35,39H,6-7,9,11-13,16,19,22,25-26,28,30-33H2,1-5H3,(H-,37,40,41,42)/p+1/b10-8-,15-14-,18-17-,21-20-,24-23-,29-27+. The minimum absolute atomic E-state index is 0.0460. The quantitative estimate of drug-likeness (QED) is 0.0342. The molecule has 0 fully saturated rings. The Morgan fingerprint density at radius 3 is 1.89 bits per heavy atom. The summed E-state index contributed by atoms with van der Waals surface area (Å²) in [5, 5.41) is 13.5. The Kier molecular flexibility index (Phi) is 26.9. The maximum atomic E-state index is 12.7. The Hall–Kier alpha value is -2.06. The van der Waals surface area contributed by atoms with E-state index in [0.717, 1.165) is 64.2 Å². The molecule has 0 aromatic rings. The highest BCUT2D eigenvalue weighted by atomic mass is 31.2. The first kappa shape index (κ1) is 42.9. The first-order chi connectivity index (χ1) is 21.5. The fraction of sp³-hybridized carbons (Fsp3) is 0.639. The van der Waals surface area contributed by atoms with E-state index in [2.05, 4.69) is 79.9 Å². The molecule has 258 valence electrons. The zero-order chi connectivity index (χ0) is 33.7. The van der Waals surface area contributed by atoms with Crippen molar-refractivity contribution in [2.75, 3.05) is 40.9 Å². The molecule has 8 nitrogen and oxygen atoms in total. The highest BCUT2D eigenvalue weighted by molar-refractivity contribution is 7.47. The number of phosphoric ester groups is 1. The van der Waals surface area contributed by atoms with Crippen molar-refractivity contribution in [1.29, 1.82) is 0 Å². The fourth-order valence-corrected chi connectivity index (χ4v) is 4.69. The SMILES string of the molecule is CC/C=C\C/C=C\C/C=C\C/C=C\C/C=C\CCCC(=O)NC(COP(=O)(O)OCC[N+](C)(C)C)C(O)/C=C/CCCCCC. The van der Waals surface area contributed by atoms with Gasteiger partial charge in [0.1, 0.15) is 13.2 Å². The maximum Gasteiger partial charge on any atom is 0.472 e. The summed E-state index contributed by atoms with van der Waals surface area (Å²) in [6.07, 6.45) is 35.7. The number of quaternary nitrogens is 1. The van der Waals surface area contributed by atoms with Gasteiger partial charge in [0.05, 0.1) is 39.9 Å². The summed E-state index contributed by atoms with van der Waals surface area (Å²) in [6.45, 7) is 4.51. The van der Waals surface area contributed by atoms with Gasteiger partial charge in [-0.05, 0) is 57.8 Å². The van der Waals surface area contributed by atoms with E-state index >= 15 is 0 Å². The molecule has 3 atom stereocenters. The molecule has 3 unspecified atom stereocenters. The van der Waals surface area contributed by atoms with Gasteiger partial charge in [0.2, 0.25) is 5.91 Å². The third-order valence-electron chi connectivity index (χ3n) is 6.68. The average Bonchev–Trinajstić information content (AvgIpc) is 2.97. The summed E-state index contributed by atoms with van der Waals surface area (Å²) < 4.78 is 23.2. The summed E-state index contributed by atoms with van der Waals surface area (Å²) in [5.74, 6) is -0.245. The molecule has 0 saturated carbocycles. The number of carbonyl (C=O) groups is 1. The number of hydrogen-bond acceptors (Lipinski definition) is 5. The number of phosphoric acid groups is 1. The topological polar surface area (TPSA) is 105 Å². The molecule has 0 aliphatic heterocycles. The van der Waals surface area contributed by atoms with Crippen LogP contribution in [0.4, 0.5) is 0 Å². The van der Waals surface area contributed by atoms with Gasteiger partial charge in [-0.25, -0.2) is 4.57 Å². The number of amides is 1. The Morgan fingerprint density at radius 2 is 1.33 bits per heavy atom. The van der Waals surface area contributed by atoms with Crippen LogP contribution in [0.5, 0.6) is 0 Å². The Labute approximate surface area is 274 Å².